The molecule has 0 aromatic rings. The van der Waals surface area contributed by atoms with Crippen LogP contribution in [-0.2, 0) is 4.79 Å². The molecule has 0 aliphatic rings. The lowest BCUT2D eigenvalue weighted by Gasteiger charge is -1.99. The predicted molar refractivity (Wildman–Crippen MR) is 37.1 cm³/mol. The highest BCUT2D eigenvalue weighted by molar-refractivity contribution is 6.45. The summed E-state index contributed by atoms with van der Waals surface area (Å²) in [6.45, 7) is 3.72. The Bertz CT molecular complexity index is 95.0. The molecule has 0 aliphatic heterocycles. The summed E-state index contributed by atoms with van der Waals surface area (Å²) in [5.74, 6) is 0.142. The second-order valence-electron chi connectivity index (χ2n) is 2.08. The molecule has 0 aromatic heterocycles. The van der Waals surface area contributed by atoms with Gasteiger partial charge < -0.3 is 10.3 Å². The Morgan fingerprint density at radius 3 is 2.67 bits per heavy atom. The number of ketones is 1. The Morgan fingerprint density at radius 2 is 2.33 bits per heavy atom. The molecule has 0 heterocycles. The first-order valence-electron chi connectivity index (χ1n) is 3.04. The molecule has 4 heteroatoms. The summed E-state index contributed by atoms with van der Waals surface area (Å²) < 4.78 is 0. The molecule has 0 saturated carbocycles. The molecule has 2 N–H and O–H groups in total. The van der Waals surface area contributed by atoms with Gasteiger partial charge in [0.05, 0.1) is 0 Å². The summed E-state index contributed by atoms with van der Waals surface area (Å²) in [7, 11) is -0.510. The van der Waals surface area contributed by atoms with Gasteiger partial charge in [0.15, 0.2) is 0 Å². The zero-order valence-corrected chi connectivity index (χ0v) is 5.85. The monoisotopic (exact) mass is 129 g/mol. The Labute approximate surface area is 55.6 Å². The zero-order valence-electron chi connectivity index (χ0n) is 5.85. The van der Waals surface area contributed by atoms with Crippen molar-refractivity contribution in [2.45, 2.75) is 20.2 Å². The van der Waals surface area contributed by atoms with E-state index in [-0.39, 0.29) is 5.78 Å². The quantitative estimate of drug-likeness (QED) is 0.510. The lowest BCUT2D eigenvalue weighted by molar-refractivity contribution is -0.116. The number of carbonyl (C=O) groups excluding carboxylic acids is 1. The summed E-state index contributed by atoms with van der Waals surface area (Å²) in [5, 5.41) is 11.4. The van der Waals surface area contributed by atoms with Gasteiger partial charge in [-0.1, -0.05) is 0 Å². The molecule has 0 spiro atoms. The maximum atomic E-state index is 10.3. The highest BCUT2D eigenvalue weighted by Gasteiger charge is 2.00. The molecule has 0 aromatic carbocycles. The van der Waals surface area contributed by atoms with E-state index in [2.05, 4.69) is 5.23 Å². The van der Waals surface area contributed by atoms with Crippen LogP contribution in [0.25, 0.3) is 0 Å². The van der Waals surface area contributed by atoms with Crippen LogP contribution in [0.3, 0.4) is 0 Å². The molecule has 0 bridgehead atoms. The molecule has 0 fully saturated rings. The van der Waals surface area contributed by atoms with Gasteiger partial charge in [0.2, 0.25) is 0 Å². The van der Waals surface area contributed by atoms with Gasteiger partial charge in [0, 0.05) is 6.42 Å². The van der Waals surface area contributed by atoms with Crippen molar-refractivity contribution in [3.8, 4) is 0 Å². The number of carbonyl (C=O) groups is 1. The SMILES string of the molecule is CB(O)NCCC(C)=O. The van der Waals surface area contributed by atoms with E-state index in [1.165, 1.54) is 6.92 Å². The molecule has 0 unspecified atom stereocenters. The first-order chi connectivity index (χ1) is 4.13. The lowest BCUT2D eigenvalue weighted by Crippen LogP contribution is -2.31. The third-order valence-corrected chi connectivity index (χ3v) is 0.917. The van der Waals surface area contributed by atoms with Crippen molar-refractivity contribution in [1.82, 2.24) is 5.23 Å². The molecule has 0 aliphatic carbocycles. The summed E-state index contributed by atoms with van der Waals surface area (Å²) >= 11 is 0. The molecular weight excluding hydrogens is 117 g/mol. The minimum atomic E-state index is -0.510. The van der Waals surface area contributed by atoms with Gasteiger partial charge in [-0.25, -0.2) is 0 Å². The van der Waals surface area contributed by atoms with Crippen LogP contribution in [0, 0.1) is 0 Å². The van der Waals surface area contributed by atoms with Crippen molar-refractivity contribution >= 4 is 12.8 Å². The Morgan fingerprint density at radius 1 is 1.78 bits per heavy atom. The molecular formula is C5H12BNO2. The fraction of sp³-hybridized carbons (Fsp3) is 0.800. The molecule has 0 amide bonds. The van der Waals surface area contributed by atoms with Crippen molar-refractivity contribution < 1.29 is 9.82 Å². The Hall–Kier alpha value is -0.345. The number of hydrogen-bond acceptors (Lipinski definition) is 3. The van der Waals surface area contributed by atoms with E-state index in [1.807, 2.05) is 0 Å². The van der Waals surface area contributed by atoms with E-state index < -0.39 is 7.05 Å². The van der Waals surface area contributed by atoms with Crippen molar-refractivity contribution in [3.63, 3.8) is 0 Å². The highest BCUT2D eigenvalue weighted by atomic mass is 16.2. The largest absolute Gasteiger partial charge is 0.437 e. The van der Waals surface area contributed by atoms with Gasteiger partial charge in [-0.05, 0) is 20.3 Å². The lowest BCUT2D eigenvalue weighted by atomic mass is 9.89. The number of nitrogens with one attached hydrogen (secondary N) is 1. The van der Waals surface area contributed by atoms with Crippen LogP contribution < -0.4 is 5.23 Å². The van der Waals surface area contributed by atoms with Gasteiger partial charge in [-0.3, -0.25) is 4.79 Å². The van der Waals surface area contributed by atoms with Crippen LogP contribution in [0.2, 0.25) is 6.82 Å². The first kappa shape index (κ1) is 8.65. The fourth-order valence-corrected chi connectivity index (χ4v) is 0.457. The van der Waals surface area contributed by atoms with Crippen LogP contribution in [0.4, 0.5) is 0 Å². The van der Waals surface area contributed by atoms with Crippen molar-refractivity contribution in [1.29, 1.82) is 0 Å². The van der Waals surface area contributed by atoms with Gasteiger partial charge in [-0.15, -0.1) is 0 Å². The average molecular weight is 129 g/mol. The van der Waals surface area contributed by atoms with Crippen molar-refractivity contribution in [3.05, 3.63) is 0 Å². The van der Waals surface area contributed by atoms with Crippen LogP contribution >= 0.6 is 0 Å². The minimum Gasteiger partial charge on any atom is -0.437 e. The molecule has 52 valence electrons. The average Bonchev–Trinajstić information content (AvgIpc) is 1.63. The maximum Gasteiger partial charge on any atom is 0.373 e. The first-order valence-corrected chi connectivity index (χ1v) is 3.04. The molecule has 3 nitrogen and oxygen atoms in total. The van der Waals surface area contributed by atoms with Gasteiger partial charge >= 0.3 is 7.05 Å². The van der Waals surface area contributed by atoms with E-state index in [0.717, 1.165) is 0 Å². The summed E-state index contributed by atoms with van der Waals surface area (Å²) in [5.41, 5.74) is 0. The van der Waals surface area contributed by atoms with E-state index in [0.29, 0.717) is 13.0 Å². The summed E-state index contributed by atoms with van der Waals surface area (Å²) in [6, 6.07) is 0. The minimum absolute atomic E-state index is 0.142. The maximum absolute atomic E-state index is 10.3. The standard InChI is InChI=1S/C5H12BNO2/c1-5(8)3-4-7-6(2)9/h7,9H,3-4H2,1-2H3. The molecule has 0 atom stereocenters. The van der Waals surface area contributed by atoms with Gasteiger partial charge in [-0.2, -0.15) is 0 Å². The fourth-order valence-electron chi connectivity index (χ4n) is 0.457. The zero-order chi connectivity index (χ0) is 7.28. The van der Waals surface area contributed by atoms with Crippen LogP contribution in [0.5, 0.6) is 0 Å². The van der Waals surface area contributed by atoms with Gasteiger partial charge in [0.25, 0.3) is 0 Å². The molecule has 0 rings (SSSR count). The second kappa shape index (κ2) is 4.53. The van der Waals surface area contributed by atoms with E-state index in [9.17, 15) is 4.79 Å². The smallest absolute Gasteiger partial charge is 0.373 e. The van der Waals surface area contributed by atoms with Crippen LogP contribution in [0.1, 0.15) is 13.3 Å². The van der Waals surface area contributed by atoms with E-state index >= 15 is 0 Å². The van der Waals surface area contributed by atoms with E-state index in [1.54, 1.807) is 6.82 Å². The highest BCUT2D eigenvalue weighted by Crippen LogP contribution is 1.77. The number of rotatable bonds is 4. The molecule has 0 radical (unpaired) electrons. The summed E-state index contributed by atoms with van der Waals surface area (Å²) in [6.07, 6.45) is 0.491. The summed E-state index contributed by atoms with van der Waals surface area (Å²) in [4.78, 5) is 10.3. The predicted octanol–water partition coefficient (Wildman–Crippen LogP) is -0.335. The molecule has 9 heavy (non-hydrogen) atoms. The van der Waals surface area contributed by atoms with Crippen molar-refractivity contribution in [2.75, 3.05) is 6.54 Å². The van der Waals surface area contributed by atoms with Crippen molar-refractivity contribution in [2.24, 2.45) is 0 Å². The second-order valence-corrected chi connectivity index (χ2v) is 2.08. The topological polar surface area (TPSA) is 49.3 Å². The normalized spacial score (nSPS) is 9.22. The van der Waals surface area contributed by atoms with Gasteiger partial charge in [0.1, 0.15) is 5.78 Å². The molecule has 0 saturated heterocycles. The third-order valence-electron chi connectivity index (χ3n) is 0.917. The van der Waals surface area contributed by atoms with E-state index in [4.69, 9.17) is 5.02 Å². The number of Topliss-reactive ketones (excluding diaryl/α,β-unsaturated/α-hetero) is 1. The Balaban J connectivity index is 3.01. The Kier molecular flexibility index (Phi) is 4.35. The number of hydrogen-bond donors (Lipinski definition) is 2. The third kappa shape index (κ3) is 7.65. The van der Waals surface area contributed by atoms with Crippen LogP contribution in [-0.4, -0.2) is 24.4 Å². The van der Waals surface area contributed by atoms with Crippen LogP contribution in [0.15, 0.2) is 0 Å².